The van der Waals surface area contributed by atoms with Crippen LogP contribution in [-0.2, 0) is 6.97 Å². The third-order valence-corrected chi connectivity index (χ3v) is 0. The van der Waals surface area contributed by atoms with E-state index in [1.165, 1.54) is 0 Å². The molecule has 0 rings (SSSR count). The van der Waals surface area contributed by atoms with Crippen LogP contribution in [0, 0.1) is 0 Å². The zero-order valence-electron chi connectivity index (χ0n) is 5.08. The molecule has 0 aromatic heterocycles. The van der Waals surface area contributed by atoms with E-state index in [4.69, 9.17) is 57.2 Å². The maximum Gasteiger partial charge on any atom is -0.369 e. The Kier molecular flexibility index (Phi) is 9.10. The topological polar surface area (TPSA) is 104 Å². The summed E-state index contributed by atoms with van der Waals surface area (Å²) in [5.41, 5.74) is 0. The Balaban J connectivity index is -0.0000000600. The molecular formula is H10Cl6N2OPd. The van der Waals surface area contributed by atoms with Gasteiger partial charge in [0.1, 0.15) is 0 Å². The van der Waals surface area contributed by atoms with Crippen molar-refractivity contribution in [2.75, 3.05) is 0 Å². The van der Waals surface area contributed by atoms with Crippen LogP contribution < -0.4 is 12.3 Å². The standard InChI is InChI=1S/6ClH.2H3N.H2O.Pd/h6*1H;2*1H3;1H2;/q;;;;;;;;;+4/p-4. The van der Waals surface area contributed by atoms with E-state index in [1.807, 2.05) is 0 Å². The molecule has 3 nitrogen and oxygen atoms in total. The van der Waals surface area contributed by atoms with E-state index < -0.39 is 6.97 Å². The average Bonchev–Trinajstić information content (AvgIpc) is 0.592. The van der Waals surface area contributed by atoms with Gasteiger partial charge >= 0.3 is 64.1 Å². The van der Waals surface area contributed by atoms with Crippen LogP contribution in [-0.4, -0.2) is 5.48 Å². The van der Waals surface area contributed by atoms with E-state index in [1.54, 1.807) is 0 Å². The van der Waals surface area contributed by atoms with Crippen molar-refractivity contribution in [1.29, 1.82) is 0 Å². The van der Waals surface area contributed by atoms with Crippen molar-refractivity contribution in [2.45, 2.75) is 0 Å². The van der Waals surface area contributed by atoms with Gasteiger partial charge in [-0.3, -0.25) is 0 Å². The minimum atomic E-state index is -5.08. The fourth-order valence-electron chi connectivity index (χ4n) is 0. The van der Waals surface area contributed by atoms with E-state index in [0.717, 1.165) is 0 Å². The number of quaternary nitrogens is 2. The molecule has 0 fully saturated rings. The summed E-state index contributed by atoms with van der Waals surface area (Å²) >= 11 is 0. The largest absolute Gasteiger partial charge is 0.369 e. The minimum Gasteiger partial charge on any atom is -0.369 e. The monoisotopic (exact) mass is 370 g/mol. The van der Waals surface area contributed by atoms with Gasteiger partial charge in [0.2, 0.25) is 0 Å². The molecule has 78 valence electrons. The van der Waals surface area contributed by atoms with Gasteiger partial charge in [-0.1, -0.05) is 0 Å². The van der Waals surface area contributed by atoms with Crippen molar-refractivity contribution in [1.82, 2.24) is 12.3 Å². The quantitative estimate of drug-likeness (QED) is 0.598. The Morgan fingerprint density at radius 3 is 0.600 bits per heavy atom. The summed E-state index contributed by atoms with van der Waals surface area (Å²) in [6.07, 6.45) is 0. The first-order valence-electron chi connectivity index (χ1n) is 0.717. The van der Waals surface area contributed by atoms with Crippen LogP contribution in [0.2, 0.25) is 0 Å². The Labute approximate surface area is 81.1 Å². The van der Waals surface area contributed by atoms with E-state index in [9.17, 15) is 0 Å². The first kappa shape index (κ1) is 22.8. The van der Waals surface area contributed by atoms with Crippen molar-refractivity contribution in [3.8, 4) is 0 Å². The van der Waals surface area contributed by atoms with Crippen LogP contribution in [0.1, 0.15) is 0 Å². The van der Waals surface area contributed by atoms with E-state index in [-0.39, 0.29) is 17.8 Å². The Morgan fingerprint density at radius 2 is 0.600 bits per heavy atom. The Hall–Kier alpha value is 2.28. The van der Waals surface area contributed by atoms with Gasteiger partial charge in [0.05, 0.1) is 0 Å². The smallest absolute Gasteiger partial charge is 0.369 e. The van der Waals surface area contributed by atoms with Crippen molar-refractivity contribution in [3.63, 3.8) is 0 Å². The molecule has 0 heterocycles. The SMILES string of the molecule is O.[Cl][Pd-2]([Cl])([Cl])([Cl])([Cl])[Cl].[NH4+].[NH4+]. The van der Waals surface area contributed by atoms with Crippen LogP contribution >= 0.6 is 57.2 Å². The third kappa shape index (κ3) is 170. The Bertz CT molecular complexity index is 74.3. The first-order valence-corrected chi connectivity index (χ1v) is 12.7. The molecule has 0 saturated heterocycles. The molecular weight excluding hydrogens is 363 g/mol. The van der Waals surface area contributed by atoms with Gasteiger partial charge in [0, 0.05) is 0 Å². The number of hydrogen-bond acceptors (Lipinski definition) is 0. The molecule has 0 atom stereocenters. The van der Waals surface area contributed by atoms with Crippen LogP contribution in [0.4, 0.5) is 0 Å². The maximum absolute atomic E-state index is 5.08. The predicted molar refractivity (Wildman–Crippen MR) is 50.7 cm³/mol. The van der Waals surface area contributed by atoms with Crippen molar-refractivity contribution >= 4 is 57.2 Å². The molecule has 0 aliphatic heterocycles. The van der Waals surface area contributed by atoms with E-state index >= 15 is 0 Å². The molecule has 0 radical (unpaired) electrons. The van der Waals surface area contributed by atoms with Gasteiger partial charge in [-0.15, -0.1) is 0 Å². The number of rotatable bonds is 0. The van der Waals surface area contributed by atoms with Crippen molar-refractivity contribution in [2.24, 2.45) is 0 Å². The summed E-state index contributed by atoms with van der Waals surface area (Å²) in [7, 11) is 30.2. The molecule has 10 heteroatoms. The molecule has 0 aliphatic rings. The molecule has 0 bridgehead atoms. The molecule has 0 unspecified atom stereocenters. The molecule has 0 amide bonds. The molecule has 10 heavy (non-hydrogen) atoms. The summed E-state index contributed by atoms with van der Waals surface area (Å²) in [5, 5.41) is 0. The molecule has 0 aromatic rings. The second-order valence-corrected chi connectivity index (χ2v) is 36.1. The van der Waals surface area contributed by atoms with E-state index in [0.29, 0.717) is 0 Å². The van der Waals surface area contributed by atoms with Crippen molar-refractivity contribution in [3.05, 3.63) is 0 Å². The predicted octanol–water partition coefficient (Wildman–Crippen LogP) is 4.06. The molecule has 0 aliphatic carbocycles. The third-order valence-electron chi connectivity index (χ3n) is 0. The zero-order valence-corrected chi connectivity index (χ0v) is 11.2. The molecule has 0 spiro atoms. The number of hydrogen-bond donors (Lipinski definition) is 2. The van der Waals surface area contributed by atoms with Crippen LogP contribution in [0.5, 0.6) is 0 Å². The fourth-order valence-corrected chi connectivity index (χ4v) is 0. The van der Waals surface area contributed by atoms with Gasteiger partial charge < -0.3 is 17.8 Å². The van der Waals surface area contributed by atoms with Crippen LogP contribution in [0.3, 0.4) is 0 Å². The summed E-state index contributed by atoms with van der Waals surface area (Å²) in [5.74, 6) is 0. The summed E-state index contributed by atoms with van der Waals surface area (Å²) in [6.45, 7) is -5.08. The van der Waals surface area contributed by atoms with Crippen molar-refractivity contribution < 1.29 is 12.4 Å². The molecule has 0 aromatic carbocycles. The van der Waals surface area contributed by atoms with Gasteiger partial charge in [0.25, 0.3) is 0 Å². The van der Waals surface area contributed by atoms with E-state index in [2.05, 4.69) is 0 Å². The summed E-state index contributed by atoms with van der Waals surface area (Å²) in [4.78, 5) is 0. The molecule has 0 saturated carbocycles. The maximum atomic E-state index is 5.03. The fraction of sp³-hybridized carbons (Fsp3) is 0. The second kappa shape index (κ2) is 3.99. The van der Waals surface area contributed by atoms with Gasteiger partial charge in [-0.25, -0.2) is 0 Å². The second-order valence-electron chi connectivity index (χ2n) is 0.678. The van der Waals surface area contributed by atoms with Gasteiger partial charge in [-0.2, -0.15) is 0 Å². The average molecular weight is 373 g/mol. The van der Waals surface area contributed by atoms with Crippen LogP contribution in [0.15, 0.2) is 0 Å². The zero-order chi connectivity index (χ0) is 6.41. The summed E-state index contributed by atoms with van der Waals surface area (Å²) < 4.78 is 0. The normalized spacial score (nSPS) is 16.2. The van der Waals surface area contributed by atoms with Crippen LogP contribution in [0.25, 0.3) is 0 Å². The first-order chi connectivity index (χ1) is 2.45. The molecule has 10 N–H and O–H groups in total. The number of halogens is 6. The minimum absolute atomic E-state index is 0. The van der Waals surface area contributed by atoms with Gasteiger partial charge in [-0.05, 0) is 0 Å². The Morgan fingerprint density at radius 1 is 0.600 bits per heavy atom. The van der Waals surface area contributed by atoms with Gasteiger partial charge in [0.15, 0.2) is 0 Å². The summed E-state index contributed by atoms with van der Waals surface area (Å²) in [6, 6.07) is 0.